The zero-order valence-electron chi connectivity index (χ0n) is 10.6. The molecule has 17 heavy (non-hydrogen) atoms. The van der Waals surface area contributed by atoms with Crippen molar-refractivity contribution in [1.29, 1.82) is 0 Å². The van der Waals surface area contributed by atoms with Crippen molar-refractivity contribution in [2.24, 2.45) is 0 Å². The van der Waals surface area contributed by atoms with Gasteiger partial charge in [0.05, 0.1) is 0 Å². The van der Waals surface area contributed by atoms with Gasteiger partial charge < -0.3 is 9.62 Å². The summed E-state index contributed by atoms with van der Waals surface area (Å²) >= 11 is 1.59. The molecule has 94 valence electrons. The van der Waals surface area contributed by atoms with Crippen molar-refractivity contribution < 1.29 is 4.79 Å². The van der Waals surface area contributed by atoms with Crippen LogP contribution in [-0.4, -0.2) is 24.2 Å². The number of amides is 1. The van der Waals surface area contributed by atoms with Gasteiger partial charge in [0.25, 0.3) is 0 Å². The lowest BCUT2D eigenvalue weighted by Crippen LogP contribution is -2.23. The number of rotatable bonds is 6. The second kappa shape index (κ2) is 7.17. The fourth-order valence-corrected chi connectivity index (χ4v) is 1.78. The molecule has 1 heterocycles. The van der Waals surface area contributed by atoms with Crippen LogP contribution in [0.4, 0.5) is 5.82 Å². The highest BCUT2D eigenvalue weighted by Crippen LogP contribution is 2.20. The van der Waals surface area contributed by atoms with E-state index in [9.17, 15) is 4.79 Å². The Kier molecular flexibility index (Phi) is 5.83. The average Bonchev–Trinajstić information content (AvgIpc) is 2.36. The number of carbonyl (C=O) groups excluding carboxylic acids is 1. The molecule has 4 nitrogen and oxygen atoms in total. The zero-order valence-corrected chi connectivity index (χ0v) is 11.4. The number of nitrogens with one attached hydrogen (secondary N) is 1. The van der Waals surface area contributed by atoms with Crippen LogP contribution in [0.5, 0.6) is 0 Å². The van der Waals surface area contributed by atoms with E-state index in [-0.39, 0.29) is 5.91 Å². The van der Waals surface area contributed by atoms with E-state index < -0.39 is 0 Å². The highest BCUT2D eigenvalue weighted by molar-refractivity contribution is 7.99. The maximum absolute atomic E-state index is 11.4. The van der Waals surface area contributed by atoms with E-state index >= 15 is 0 Å². The molecule has 0 atom stereocenters. The van der Waals surface area contributed by atoms with Gasteiger partial charge in [-0.25, -0.2) is 4.98 Å². The minimum Gasteiger partial charge on any atom is -0.352 e. The maximum Gasteiger partial charge on any atom is 0.220 e. The first-order chi connectivity index (χ1) is 8.19. The second-order valence-electron chi connectivity index (χ2n) is 3.69. The molecule has 0 radical (unpaired) electrons. The standard InChI is InChI=1S/C12H19N3OS/c1-4-6-11(16)14-9-10-7-5-8-13-12(10)15(2)17-3/h5,7-8H,4,6,9H2,1-3H3,(H,14,16). The Hall–Kier alpha value is -1.23. The van der Waals surface area contributed by atoms with Crippen LogP contribution in [-0.2, 0) is 11.3 Å². The van der Waals surface area contributed by atoms with E-state index in [0.717, 1.165) is 17.8 Å². The fourth-order valence-electron chi connectivity index (χ4n) is 1.45. The Balaban J connectivity index is 2.67. The van der Waals surface area contributed by atoms with Crippen LogP contribution in [0, 0.1) is 0 Å². The highest BCUT2D eigenvalue weighted by Gasteiger charge is 2.08. The number of anilines is 1. The van der Waals surface area contributed by atoms with E-state index in [1.807, 2.05) is 36.7 Å². The quantitative estimate of drug-likeness (QED) is 0.790. The van der Waals surface area contributed by atoms with E-state index in [1.54, 1.807) is 18.1 Å². The molecular formula is C12H19N3OS. The van der Waals surface area contributed by atoms with E-state index in [1.165, 1.54) is 0 Å². The monoisotopic (exact) mass is 253 g/mol. The molecule has 1 aromatic rings. The Bertz CT molecular complexity index is 371. The van der Waals surface area contributed by atoms with Crippen LogP contribution in [0.1, 0.15) is 25.3 Å². The van der Waals surface area contributed by atoms with Crippen molar-refractivity contribution in [1.82, 2.24) is 10.3 Å². The van der Waals surface area contributed by atoms with Gasteiger partial charge in [-0.2, -0.15) is 0 Å². The summed E-state index contributed by atoms with van der Waals surface area (Å²) in [7, 11) is 1.96. The van der Waals surface area contributed by atoms with Gasteiger partial charge in [0.2, 0.25) is 5.91 Å². The van der Waals surface area contributed by atoms with Crippen LogP contribution in [0.25, 0.3) is 0 Å². The molecule has 0 fully saturated rings. The first kappa shape index (κ1) is 13.8. The van der Waals surface area contributed by atoms with Crippen molar-refractivity contribution in [3.63, 3.8) is 0 Å². The molecule has 0 aliphatic heterocycles. The predicted octanol–water partition coefficient (Wildman–Crippen LogP) is 2.21. The van der Waals surface area contributed by atoms with Crippen LogP contribution in [0.2, 0.25) is 0 Å². The molecule has 0 saturated carbocycles. The molecule has 1 rings (SSSR count). The van der Waals surface area contributed by atoms with Gasteiger partial charge in [-0.1, -0.05) is 24.9 Å². The zero-order chi connectivity index (χ0) is 12.7. The van der Waals surface area contributed by atoms with Crippen molar-refractivity contribution in [3.8, 4) is 0 Å². The van der Waals surface area contributed by atoms with Gasteiger partial charge in [0.1, 0.15) is 5.82 Å². The van der Waals surface area contributed by atoms with Gasteiger partial charge in [-0.15, -0.1) is 0 Å². The summed E-state index contributed by atoms with van der Waals surface area (Å²) < 4.78 is 1.99. The van der Waals surface area contributed by atoms with Crippen LogP contribution >= 0.6 is 11.9 Å². The lowest BCUT2D eigenvalue weighted by Gasteiger charge is -2.17. The first-order valence-corrected chi connectivity index (χ1v) is 6.85. The van der Waals surface area contributed by atoms with Gasteiger partial charge >= 0.3 is 0 Å². The predicted molar refractivity (Wildman–Crippen MR) is 72.9 cm³/mol. The van der Waals surface area contributed by atoms with Crippen LogP contribution < -0.4 is 9.62 Å². The Labute approximate surface area is 107 Å². The molecule has 0 aromatic carbocycles. The number of nitrogens with zero attached hydrogens (tertiary/aromatic N) is 2. The first-order valence-electron chi connectivity index (χ1n) is 5.67. The topological polar surface area (TPSA) is 45.2 Å². The Morgan fingerprint density at radius 2 is 2.35 bits per heavy atom. The Morgan fingerprint density at radius 1 is 1.59 bits per heavy atom. The smallest absolute Gasteiger partial charge is 0.220 e. The van der Waals surface area contributed by atoms with Crippen molar-refractivity contribution in [2.45, 2.75) is 26.3 Å². The summed E-state index contributed by atoms with van der Waals surface area (Å²) in [4.78, 5) is 15.7. The van der Waals surface area contributed by atoms with Gasteiger partial charge in [-0.05, 0) is 12.5 Å². The molecule has 0 aliphatic rings. The molecular weight excluding hydrogens is 234 g/mol. The summed E-state index contributed by atoms with van der Waals surface area (Å²) in [6, 6.07) is 3.88. The molecule has 0 saturated heterocycles. The van der Waals surface area contributed by atoms with Crippen LogP contribution in [0.15, 0.2) is 18.3 Å². The van der Waals surface area contributed by atoms with Gasteiger partial charge in [0.15, 0.2) is 0 Å². The second-order valence-corrected chi connectivity index (χ2v) is 4.61. The molecule has 5 heteroatoms. The number of carbonyl (C=O) groups is 1. The molecule has 1 amide bonds. The highest BCUT2D eigenvalue weighted by atomic mass is 32.2. The third-order valence-electron chi connectivity index (χ3n) is 2.39. The molecule has 0 spiro atoms. The molecule has 0 aliphatic carbocycles. The maximum atomic E-state index is 11.4. The summed E-state index contributed by atoms with van der Waals surface area (Å²) in [6.45, 7) is 2.53. The van der Waals surface area contributed by atoms with Gasteiger partial charge in [-0.3, -0.25) is 4.79 Å². The van der Waals surface area contributed by atoms with E-state index in [2.05, 4.69) is 10.3 Å². The lowest BCUT2D eigenvalue weighted by atomic mass is 10.2. The van der Waals surface area contributed by atoms with Crippen molar-refractivity contribution in [2.75, 3.05) is 17.6 Å². The minimum atomic E-state index is 0.0918. The number of pyridine rings is 1. The third-order valence-corrected chi connectivity index (χ3v) is 3.11. The average molecular weight is 253 g/mol. The summed E-state index contributed by atoms with van der Waals surface area (Å²) in [5.41, 5.74) is 1.04. The summed E-state index contributed by atoms with van der Waals surface area (Å²) in [6.07, 6.45) is 5.21. The minimum absolute atomic E-state index is 0.0918. The third kappa shape index (κ3) is 4.26. The molecule has 1 aromatic heterocycles. The molecule has 0 unspecified atom stereocenters. The van der Waals surface area contributed by atoms with E-state index in [4.69, 9.17) is 0 Å². The lowest BCUT2D eigenvalue weighted by molar-refractivity contribution is -0.121. The summed E-state index contributed by atoms with van der Waals surface area (Å²) in [5, 5.41) is 2.90. The van der Waals surface area contributed by atoms with E-state index in [0.29, 0.717) is 13.0 Å². The Morgan fingerprint density at radius 3 is 3.00 bits per heavy atom. The number of aromatic nitrogens is 1. The van der Waals surface area contributed by atoms with Crippen LogP contribution in [0.3, 0.4) is 0 Å². The van der Waals surface area contributed by atoms with Gasteiger partial charge in [0, 0.05) is 38.0 Å². The number of hydrogen-bond acceptors (Lipinski definition) is 4. The molecule has 1 N–H and O–H groups in total. The number of hydrogen-bond donors (Lipinski definition) is 1. The molecule has 0 bridgehead atoms. The fraction of sp³-hybridized carbons (Fsp3) is 0.500. The van der Waals surface area contributed by atoms with Crippen molar-refractivity contribution in [3.05, 3.63) is 23.9 Å². The van der Waals surface area contributed by atoms with Crippen molar-refractivity contribution >= 4 is 23.7 Å². The SMILES string of the molecule is CCCC(=O)NCc1cccnc1N(C)SC. The normalized spacial score (nSPS) is 10.1. The summed E-state index contributed by atoms with van der Waals surface area (Å²) in [5.74, 6) is 0.992. The largest absolute Gasteiger partial charge is 0.352 e.